The first kappa shape index (κ1) is 19.9. The van der Waals surface area contributed by atoms with Gasteiger partial charge in [-0.1, -0.05) is 18.2 Å². The van der Waals surface area contributed by atoms with Crippen molar-refractivity contribution in [3.8, 4) is 28.3 Å². The van der Waals surface area contributed by atoms with E-state index in [-0.39, 0.29) is 11.9 Å². The molecule has 1 unspecified atom stereocenters. The van der Waals surface area contributed by atoms with Crippen LogP contribution in [0.15, 0.2) is 67.0 Å². The molecule has 0 saturated carbocycles. The topological polar surface area (TPSA) is 89.0 Å². The molecule has 5 rings (SSSR count). The van der Waals surface area contributed by atoms with Gasteiger partial charge in [0.15, 0.2) is 5.82 Å². The molecule has 1 atom stereocenters. The molecule has 160 valence electrons. The summed E-state index contributed by atoms with van der Waals surface area (Å²) in [6.07, 6.45) is 5.14. The highest BCUT2D eigenvalue weighted by atomic mass is 16.5. The molecule has 0 radical (unpaired) electrons. The Hall–Kier alpha value is -4.00. The third-order valence-corrected chi connectivity index (χ3v) is 5.61. The normalized spacial score (nSPS) is 15.9. The fraction of sp³-hybridized carbons (Fsp3) is 0.200. The van der Waals surface area contributed by atoms with Crippen LogP contribution in [0.2, 0.25) is 0 Å². The maximum Gasteiger partial charge on any atom is 0.242 e. The minimum atomic E-state index is -0.330. The number of pyridine rings is 1. The van der Waals surface area contributed by atoms with Crippen LogP contribution in [-0.2, 0) is 4.79 Å². The van der Waals surface area contributed by atoms with E-state index >= 15 is 0 Å². The van der Waals surface area contributed by atoms with Crippen molar-refractivity contribution in [3.63, 3.8) is 0 Å². The van der Waals surface area contributed by atoms with Gasteiger partial charge in [0.25, 0.3) is 0 Å². The van der Waals surface area contributed by atoms with Gasteiger partial charge in [0.1, 0.15) is 17.6 Å². The predicted molar refractivity (Wildman–Crippen MR) is 124 cm³/mol. The second-order valence-corrected chi connectivity index (χ2v) is 7.73. The van der Waals surface area contributed by atoms with Gasteiger partial charge in [-0.3, -0.25) is 9.78 Å². The smallest absolute Gasteiger partial charge is 0.242 e. The molecule has 0 aliphatic carbocycles. The van der Waals surface area contributed by atoms with Gasteiger partial charge in [0, 0.05) is 29.9 Å². The van der Waals surface area contributed by atoms with Gasteiger partial charge < -0.3 is 15.4 Å². The number of methoxy groups -OCH3 is 1. The Labute approximate surface area is 185 Å². The summed E-state index contributed by atoms with van der Waals surface area (Å²) in [4.78, 5) is 26.2. The maximum absolute atomic E-state index is 12.4. The number of ether oxygens (including phenoxy) is 1. The SMILES string of the molecule is COc1cccc(-c2ccc3nc(-c4cccnc4)nc(NC4CCCNC4=O)c3c2)c1. The first-order chi connectivity index (χ1) is 15.7. The number of carbonyl (C=O) groups is 1. The number of nitrogens with one attached hydrogen (secondary N) is 2. The molecule has 1 aliphatic rings. The van der Waals surface area contributed by atoms with Crippen LogP contribution in [0.4, 0.5) is 5.82 Å². The van der Waals surface area contributed by atoms with E-state index in [9.17, 15) is 4.79 Å². The van der Waals surface area contributed by atoms with E-state index in [2.05, 4.69) is 21.7 Å². The summed E-state index contributed by atoms with van der Waals surface area (Å²) in [7, 11) is 1.66. The van der Waals surface area contributed by atoms with Crippen molar-refractivity contribution < 1.29 is 9.53 Å². The summed E-state index contributed by atoms with van der Waals surface area (Å²) in [5, 5.41) is 7.16. The Morgan fingerprint density at radius 3 is 2.72 bits per heavy atom. The summed E-state index contributed by atoms with van der Waals surface area (Å²) >= 11 is 0. The average Bonchev–Trinajstić information content (AvgIpc) is 2.85. The van der Waals surface area contributed by atoms with Crippen molar-refractivity contribution in [2.24, 2.45) is 0 Å². The Kier molecular flexibility index (Phi) is 5.37. The molecule has 1 fully saturated rings. The minimum absolute atomic E-state index is 0.00473. The zero-order chi connectivity index (χ0) is 21.9. The molecule has 2 aromatic heterocycles. The predicted octanol–water partition coefficient (Wildman–Crippen LogP) is 4.06. The lowest BCUT2D eigenvalue weighted by Gasteiger charge is -2.24. The van der Waals surface area contributed by atoms with Crippen molar-refractivity contribution in [2.75, 3.05) is 19.0 Å². The number of hydrogen-bond donors (Lipinski definition) is 2. The van der Waals surface area contributed by atoms with Crippen LogP contribution in [0.1, 0.15) is 12.8 Å². The quantitative estimate of drug-likeness (QED) is 0.501. The molecule has 2 N–H and O–H groups in total. The van der Waals surface area contributed by atoms with Crippen LogP contribution in [-0.4, -0.2) is 40.6 Å². The Morgan fingerprint density at radius 2 is 1.91 bits per heavy atom. The average molecular weight is 425 g/mol. The molecular formula is C25H23N5O2. The van der Waals surface area contributed by atoms with Crippen LogP contribution in [0.25, 0.3) is 33.4 Å². The van der Waals surface area contributed by atoms with Crippen molar-refractivity contribution in [1.29, 1.82) is 0 Å². The summed E-state index contributed by atoms with van der Waals surface area (Å²) in [6, 6.07) is 17.4. The fourth-order valence-electron chi connectivity index (χ4n) is 3.92. The molecule has 0 spiro atoms. The fourth-order valence-corrected chi connectivity index (χ4v) is 3.92. The van der Waals surface area contributed by atoms with E-state index in [1.807, 2.05) is 48.5 Å². The third kappa shape index (κ3) is 3.97. The molecule has 3 heterocycles. The second kappa shape index (κ2) is 8.63. The van der Waals surface area contributed by atoms with E-state index in [0.29, 0.717) is 18.2 Å². The van der Waals surface area contributed by atoms with E-state index < -0.39 is 0 Å². The van der Waals surface area contributed by atoms with Gasteiger partial charge in [-0.15, -0.1) is 0 Å². The molecular weight excluding hydrogens is 402 g/mol. The molecule has 4 aromatic rings. The summed E-state index contributed by atoms with van der Waals surface area (Å²) in [6.45, 7) is 0.711. The van der Waals surface area contributed by atoms with Crippen LogP contribution in [0.5, 0.6) is 5.75 Å². The number of hydrogen-bond acceptors (Lipinski definition) is 6. The molecule has 32 heavy (non-hydrogen) atoms. The monoisotopic (exact) mass is 425 g/mol. The number of fused-ring (bicyclic) bond motifs is 1. The minimum Gasteiger partial charge on any atom is -0.497 e. The number of piperidine rings is 1. The summed E-state index contributed by atoms with van der Waals surface area (Å²) < 4.78 is 5.38. The summed E-state index contributed by atoms with van der Waals surface area (Å²) in [5.41, 5.74) is 3.67. The van der Waals surface area contributed by atoms with Gasteiger partial charge in [0.05, 0.1) is 12.6 Å². The van der Waals surface area contributed by atoms with Gasteiger partial charge in [-0.2, -0.15) is 0 Å². The van der Waals surface area contributed by atoms with Gasteiger partial charge in [0.2, 0.25) is 5.91 Å². The van der Waals surface area contributed by atoms with Gasteiger partial charge in [-0.05, 0) is 60.4 Å². The zero-order valence-corrected chi connectivity index (χ0v) is 17.7. The number of anilines is 1. The summed E-state index contributed by atoms with van der Waals surface area (Å²) in [5.74, 6) is 2.00. The largest absolute Gasteiger partial charge is 0.497 e. The number of aromatic nitrogens is 3. The molecule has 2 aromatic carbocycles. The molecule has 1 amide bonds. The Morgan fingerprint density at radius 1 is 1.03 bits per heavy atom. The van der Waals surface area contributed by atoms with Crippen molar-refractivity contribution in [1.82, 2.24) is 20.3 Å². The van der Waals surface area contributed by atoms with E-state index in [0.717, 1.165) is 46.2 Å². The third-order valence-electron chi connectivity index (χ3n) is 5.61. The zero-order valence-electron chi connectivity index (χ0n) is 17.7. The number of rotatable bonds is 5. The van der Waals surface area contributed by atoms with Gasteiger partial charge in [-0.25, -0.2) is 9.97 Å². The highest BCUT2D eigenvalue weighted by molar-refractivity contribution is 5.96. The lowest BCUT2D eigenvalue weighted by molar-refractivity contribution is -0.123. The van der Waals surface area contributed by atoms with Crippen molar-refractivity contribution in [2.45, 2.75) is 18.9 Å². The highest BCUT2D eigenvalue weighted by Crippen LogP contribution is 2.31. The number of amides is 1. The molecule has 1 saturated heterocycles. The van der Waals surface area contributed by atoms with Gasteiger partial charge >= 0.3 is 0 Å². The number of benzene rings is 2. The first-order valence-corrected chi connectivity index (χ1v) is 10.6. The lowest BCUT2D eigenvalue weighted by Crippen LogP contribution is -2.44. The van der Waals surface area contributed by atoms with Crippen molar-refractivity contribution >= 4 is 22.6 Å². The van der Waals surface area contributed by atoms with Crippen LogP contribution >= 0.6 is 0 Å². The van der Waals surface area contributed by atoms with E-state index in [1.165, 1.54) is 0 Å². The molecule has 7 nitrogen and oxygen atoms in total. The number of carbonyl (C=O) groups excluding carboxylic acids is 1. The molecule has 1 aliphatic heterocycles. The van der Waals surface area contributed by atoms with E-state index in [1.54, 1.807) is 19.5 Å². The molecule has 0 bridgehead atoms. The second-order valence-electron chi connectivity index (χ2n) is 7.73. The first-order valence-electron chi connectivity index (χ1n) is 10.6. The standard InChI is InChI=1S/C25H23N5O2/c1-32-19-7-2-5-16(13-19)17-9-10-21-20(14-17)24(29-22-8-4-12-27-25(22)31)30-23(28-21)18-6-3-11-26-15-18/h2-3,5-7,9-11,13-15,22H,4,8,12H2,1H3,(H,27,31)(H,28,29,30). The van der Waals surface area contributed by atoms with Crippen LogP contribution < -0.4 is 15.4 Å². The Balaban J connectivity index is 1.63. The highest BCUT2D eigenvalue weighted by Gasteiger charge is 2.23. The maximum atomic E-state index is 12.4. The van der Waals surface area contributed by atoms with Crippen molar-refractivity contribution in [3.05, 3.63) is 67.0 Å². The van der Waals surface area contributed by atoms with E-state index in [4.69, 9.17) is 14.7 Å². The van der Waals surface area contributed by atoms with Crippen LogP contribution in [0, 0.1) is 0 Å². The molecule has 7 heteroatoms. The van der Waals surface area contributed by atoms with Crippen LogP contribution in [0.3, 0.4) is 0 Å². The number of nitrogens with zero attached hydrogens (tertiary/aromatic N) is 3. The lowest BCUT2D eigenvalue weighted by atomic mass is 10.0. The Bertz CT molecular complexity index is 1280.